The van der Waals surface area contributed by atoms with Crippen molar-refractivity contribution in [3.05, 3.63) is 5.82 Å². The number of thioether (sulfide) groups is 1. The van der Waals surface area contributed by atoms with Gasteiger partial charge in [-0.3, -0.25) is 30.4 Å². The number of hydroxylamine groups is 2. The Kier molecular flexibility index (Phi) is 10.1. The number of anilines is 2. The second kappa shape index (κ2) is 13.0. The number of likely N-dealkylation sites (N-methyl/N-ethyl adjacent to an activating group) is 1. The van der Waals surface area contributed by atoms with Gasteiger partial charge in [-0.1, -0.05) is 37.4 Å². The van der Waals surface area contributed by atoms with E-state index in [4.69, 9.17) is 0 Å². The van der Waals surface area contributed by atoms with Gasteiger partial charge in [0.2, 0.25) is 24.0 Å². The lowest BCUT2D eigenvalue weighted by Gasteiger charge is -2.28. The summed E-state index contributed by atoms with van der Waals surface area (Å²) in [4.78, 5) is 48.1. The number of amides is 3. The Morgan fingerprint density at radius 1 is 1.25 bits per heavy atom. The molecule has 3 N–H and O–H groups in total. The van der Waals surface area contributed by atoms with Crippen molar-refractivity contribution in [1.29, 1.82) is 0 Å². The third-order valence-electron chi connectivity index (χ3n) is 6.85. The first-order valence-corrected chi connectivity index (χ1v) is 13.5. The van der Waals surface area contributed by atoms with Crippen LogP contribution in [0.5, 0.6) is 0 Å². The normalized spacial score (nSPS) is 18.7. The number of nitrogens with one attached hydrogen (secondary N) is 2. The smallest absolute Gasteiger partial charge is 0.244 e. The summed E-state index contributed by atoms with van der Waals surface area (Å²) >= 11 is 1.21. The molecule has 2 heterocycles. The summed E-state index contributed by atoms with van der Waals surface area (Å²) in [6, 6.07) is -0.527. The molecule has 1 aromatic rings. The lowest BCUT2D eigenvalue weighted by molar-refractivity contribution is -0.154. The van der Waals surface area contributed by atoms with Crippen LogP contribution < -0.4 is 15.8 Å². The Balaban J connectivity index is 1.75. The lowest BCUT2D eigenvalue weighted by atomic mass is 9.94. The molecule has 2 aliphatic rings. The average Bonchev–Trinajstić information content (AvgIpc) is 3.57. The van der Waals surface area contributed by atoms with E-state index in [1.54, 1.807) is 25.3 Å². The first kappa shape index (κ1) is 27.9. The molecule has 1 aliphatic carbocycles. The number of halogens is 1. The predicted molar refractivity (Wildman–Crippen MR) is 134 cm³/mol. The molecule has 11 nitrogen and oxygen atoms in total. The minimum Gasteiger partial charge on any atom is -0.347 e. The van der Waals surface area contributed by atoms with Crippen molar-refractivity contribution in [2.45, 2.75) is 62.6 Å². The van der Waals surface area contributed by atoms with E-state index in [2.05, 4.69) is 20.8 Å². The van der Waals surface area contributed by atoms with E-state index in [1.165, 1.54) is 29.5 Å². The van der Waals surface area contributed by atoms with Gasteiger partial charge in [-0.15, -0.1) is 0 Å². The molecule has 0 spiro atoms. The SMILES string of the molecule is CSc1nc(NNC(=O)[C@H](CCC2CCCC2)CN(O)C=O)c(F)c(N2CCC[C@H]2C(=O)N(C)C)n1. The van der Waals surface area contributed by atoms with Crippen LogP contribution in [0.2, 0.25) is 0 Å². The molecule has 200 valence electrons. The van der Waals surface area contributed by atoms with Gasteiger partial charge in [0.05, 0.1) is 12.5 Å². The van der Waals surface area contributed by atoms with Crippen LogP contribution in [0.15, 0.2) is 5.16 Å². The average molecular weight is 526 g/mol. The highest BCUT2D eigenvalue weighted by molar-refractivity contribution is 7.98. The third-order valence-corrected chi connectivity index (χ3v) is 7.40. The van der Waals surface area contributed by atoms with Crippen molar-refractivity contribution < 1.29 is 24.0 Å². The zero-order valence-electron chi connectivity index (χ0n) is 21.1. The molecule has 1 saturated heterocycles. The maximum atomic E-state index is 15.5. The van der Waals surface area contributed by atoms with Crippen molar-refractivity contribution in [3.8, 4) is 0 Å². The zero-order valence-corrected chi connectivity index (χ0v) is 21.9. The molecule has 0 aromatic carbocycles. The van der Waals surface area contributed by atoms with Gasteiger partial charge >= 0.3 is 0 Å². The van der Waals surface area contributed by atoms with Crippen LogP contribution in [0, 0.1) is 17.7 Å². The van der Waals surface area contributed by atoms with Gasteiger partial charge in [0.25, 0.3) is 0 Å². The highest BCUT2D eigenvalue weighted by Crippen LogP contribution is 2.32. The molecule has 13 heteroatoms. The number of hydrogen-bond donors (Lipinski definition) is 3. The second-order valence-corrected chi connectivity index (χ2v) is 10.3. The molecule has 36 heavy (non-hydrogen) atoms. The minimum atomic E-state index is -0.772. The topological polar surface area (TPSA) is 131 Å². The summed E-state index contributed by atoms with van der Waals surface area (Å²) < 4.78 is 15.5. The second-order valence-electron chi connectivity index (χ2n) is 9.55. The van der Waals surface area contributed by atoms with E-state index in [1.807, 2.05) is 0 Å². The molecule has 2 fully saturated rings. The fraction of sp³-hybridized carbons (Fsp3) is 0.696. The summed E-state index contributed by atoms with van der Waals surface area (Å²) in [7, 11) is 3.32. The van der Waals surface area contributed by atoms with E-state index < -0.39 is 23.7 Å². The summed E-state index contributed by atoms with van der Waals surface area (Å²) in [6.07, 6.45) is 9.19. The van der Waals surface area contributed by atoms with Crippen LogP contribution in [0.25, 0.3) is 0 Å². The maximum absolute atomic E-state index is 15.5. The number of carbonyl (C=O) groups is 3. The van der Waals surface area contributed by atoms with E-state index in [0.29, 0.717) is 30.4 Å². The van der Waals surface area contributed by atoms with Crippen molar-refractivity contribution in [1.82, 2.24) is 25.4 Å². The highest BCUT2D eigenvalue weighted by Gasteiger charge is 2.35. The lowest BCUT2D eigenvalue weighted by Crippen LogP contribution is -2.44. The van der Waals surface area contributed by atoms with Crippen LogP contribution in [0.3, 0.4) is 0 Å². The monoisotopic (exact) mass is 525 g/mol. The number of hydrogen-bond acceptors (Lipinski definition) is 9. The largest absolute Gasteiger partial charge is 0.347 e. The van der Waals surface area contributed by atoms with Crippen molar-refractivity contribution in [3.63, 3.8) is 0 Å². The van der Waals surface area contributed by atoms with E-state index in [0.717, 1.165) is 25.7 Å². The van der Waals surface area contributed by atoms with Crippen molar-refractivity contribution >= 4 is 41.6 Å². The summed E-state index contributed by atoms with van der Waals surface area (Å²) in [6.45, 7) is 0.304. The maximum Gasteiger partial charge on any atom is 0.244 e. The van der Waals surface area contributed by atoms with Crippen LogP contribution in [0.1, 0.15) is 51.4 Å². The molecule has 0 bridgehead atoms. The molecule has 1 saturated carbocycles. The van der Waals surface area contributed by atoms with E-state index in [9.17, 15) is 19.6 Å². The molecular formula is C23H36FN7O4S. The molecule has 1 aromatic heterocycles. The number of aromatic nitrogens is 2. The molecule has 2 atom stereocenters. The standard InChI is InChI=1S/C23H36FN7O4S/c1-29(2)22(34)17-9-6-12-31(17)20-18(24)19(25-23(26-20)36-3)27-28-21(33)16(13-30(35)14-32)11-10-15-7-4-5-8-15/h14-17,35H,4-13H2,1-3H3,(H,28,33)(H,25,26,27)/t16-,17+/m1/s1. The van der Waals surface area contributed by atoms with E-state index in [-0.39, 0.29) is 35.7 Å². The predicted octanol–water partition coefficient (Wildman–Crippen LogP) is 2.27. The fourth-order valence-electron chi connectivity index (χ4n) is 4.89. The fourth-order valence-corrected chi connectivity index (χ4v) is 5.25. The van der Waals surface area contributed by atoms with Gasteiger partial charge in [0.15, 0.2) is 16.8 Å². The van der Waals surface area contributed by atoms with Gasteiger partial charge in [0, 0.05) is 20.6 Å². The number of hydrazine groups is 1. The Labute approximate surface area is 215 Å². The van der Waals surface area contributed by atoms with E-state index >= 15 is 4.39 Å². The van der Waals surface area contributed by atoms with Crippen LogP contribution in [-0.2, 0) is 14.4 Å². The molecular weight excluding hydrogens is 489 g/mol. The number of nitrogens with zero attached hydrogens (tertiary/aromatic N) is 5. The first-order chi connectivity index (χ1) is 17.2. The molecule has 0 radical (unpaired) electrons. The van der Waals surface area contributed by atoms with Crippen molar-refractivity contribution in [2.75, 3.05) is 43.8 Å². The molecule has 0 unspecified atom stereocenters. The number of carbonyl (C=O) groups excluding carboxylic acids is 3. The van der Waals surface area contributed by atoms with Gasteiger partial charge < -0.3 is 9.80 Å². The van der Waals surface area contributed by atoms with Gasteiger partial charge in [-0.2, -0.15) is 4.39 Å². The first-order valence-electron chi connectivity index (χ1n) is 12.3. The Hall–Kier alpha value is -2.67. The zero-order chi connectivity index (χ0) is 26.2. The molecule has 1 aliphatic heterocycles. The quantitative estimate of drug-likeness (QED) is 0.124. The Bertz CT molecular complexity index is 932. The number of rotatable bonds is 12. The summed E-state index contributed by atoms with van der Waals surface area (Å²) in [5.74, 6) is -1.76. The van der Waals surface area contributed by atoms with Gasteiger partial charge in [0.1, 0.15) is 6.04 Å². The summed E-state index contributed by atoms with van der Waals surface area (Å²) in [5.41, 5.74) is 5.06. The van der Waals surface area contributed by atoms with Gasteiger partial charge in [-0.05, 0) is 37.9 Å². The van der Waals surface area contributed by atoms with Crippen molar-refractivity contribution in [2.24, 2.45) is 11.8 Å². The Morgan fingerprint density at radius 3 is 2.61 bits per heavy atom. The van der Waals surface area contributed by atoms with Crippen LogP contribution >= 0.6 is 11.8 Å². The highest BCUT2D eigenvalue weighted by atomic mass is 32.2. The van der Waals surface area contributed by atoms with Gasteiger partial charge in [-0.25, -0.2) is 15.0 Å². The van der Waals surface area contributed by atoms with Crippen LogP contribution in [0.4, 0.5) is 16.0 Å². The molecule has 3 rings (SSSR count). The molecule has 3 amide bonds. The summed E-state index contributed by atoms with van der Waals surface area (Å²) in [5, 5.41) is 10.4. The Morgan fingerprint density at radius 2 is 1.97 bits per heavy atom. The minimum absolute atomic E-state index is 0.00377. The third kappa shape index (κ3) is 6.96. The van der Waals surface area contributed by atoms with Crippen LogP contribution in [-0.4, -0.2) is 82.8 Å².